The molecule has 1 aliphatic carbocycles. The summed E-state index contributed by atoms with van der Waals surface area (Å²) in [6.07, 6.45) is 1.83. The number of rotatable bonds is 4. The predicted molar refractivity (Wildman–Crippen MR) is 86.3 cm³/mol. The fourth-order valence-corrected chi connectivity index (χ4v) is 2.55. The lowest BCUT2D eigenvalue weighted by Crippen LogP contribution is -2.14. The van der Waals surface area contributed by atoms with E-state index in [0.717, 1.165) is 24.1 Å². The Morgan fingerprint density at radius 3 is 2.92 bits per heavy atom. The average Bonchev–Trinajstić information content (AvgIpc) is 3.35. The number of anilines is 1. The molecule has 0 bridgehead atoms. The van der Waals surface area contributed by atoms with Gasteiger partial charge >= 0.3 is 0 Å². The van der Waals surface area contributed by atoms with E-state index >= 15 is 0 Å². The number of amides is 1. The molecule has 2 heterocycles. The first-order chi connectivity index (χ1) is 11.7. The van der Waals surface area contributed by atoms with Gasteiger partial charge in [-0.25, -0.2) is 8.91 Å². The third-order valence-corrected chi connectivity index (χ3v) is 3.99. The number of hydrogen-bond acceptors (Lipinski definition) is 4. The number of fused-ring (bicyclic) bond motifs is 1. The second-order valence-electron chi connectivity index (χ2n) is 5.73. The fraction of sp³-hybridized carbons (Fsp3) is 0.235. The molecule has 1 amide bonds. The number of halogens is 1. The number of nitrogens with zero attached hydrogens (tertiary/aromatic N) is 3. The number of nitrogens with one attached hydrogen (secondary N) is 1. The van der Waals surface area contributed by atoms with Crippen molar-refractivity contribution in [3.05, 3.63) is 42.2 Å². The molecule has 0 saturated heterocycles. The first-order valence-corrected chi connectivity index (χ1v) is 7.66. The molecule has 1 N–H and O–H groups in total. The fourth-order valence-electron chi connectivity index (χ4n) is 2.55. The summed E-state index contributed by atoms with van der Waals surface area (Å²) >= 11 is 0. The van der Waals surface area contributed by atoms with Crippen LogP contribution in [0.1, 0.15) is 12.8 Å². The summed E-state index contributed by atoms with van der Waals surface area (Å²) in [5, 5.41) is 7.09. The standard InChI is InChI=1S/C17H15FN4O2/c1-24-14-9-11(7-8-12(14)18)13-3-2-4-15-19-17(21-22(13)15)20-16(23)10-5-6-10/h2-4,7-10H,5-6H2,1H3,(H,20,21,23). The van der Waals surface area contributed by atoms with Crippen molar-refractivity contribution in [2.45, 2.75) is 12.8 Å². The van der Waals surface area contributed by atoms with Crippen molar-refractivity contribution >= 4 is 17.5 Å². The van der Waals surface area contributed by atoms with Crippen molar-refractivity contribution in [3.63, 3.8) is 0 Å². The van der Waals surface area contributed by atoms with Gasteiger partial charge in [-0.1, -0.05) is 6.07 Å². The lowest BCUT2D eigenvalue weighted by molar-refractivity contribution is -0.117. The molecule has 0 spiro atoms. The van der Waals surface area contributed by atoms with Gasteiger partial charge in [0.2, 0.25) is 11.9 Å². The van der Waals surface area contributed by atoms with Gasteiger partial charge < -0.3 is 4.74 Å². The quantitative estimate of drug-likeness (QED) is 0.800. The Bertz CT molecular complexity index is 933. The Labute approximate surface area is 137 Å². The molecule has 4 rings (SSSR count). The van der Waals surface area contributed by atoms with Gasteiger partial charge in [0.1, 0.15) is 0 Å². The molecule has 1 aromatic carbocycles. The van der Waals surface area contributed by atoms with Gasteiger partial charge in [-0.15, -0.1) is 5.10 Å². The molecule has 0 unspecified atom stereocenters. The van der Waals surface area contributed by atoms with Crippen molar-refractivity contribution in [3.8, 4) is 17.0 Å². The summed E-state index contributed by atoms with van der Waals surface area (Å²) in [5.41, 5.74) is 2.07. The average molecular weight is 326 g/mol. The van der Waals surface area contributed by atoms with Crippen LogP contribution in [0.2, 0.25) is 0 Å². The molecule has 1 aliphatic rings. The number of aromatic nitrogens is 3. The highest BCUT2D eigenvalue weighted by atomic mass is 19.1. The van der Waals surface area contributed by atoms with Crippen molar-refractivity contribution in [1.29, 1.82) is 0 Å². The van der Waals surface area contributed by atoms with Gasteiger partial charge in [-0.05, 0) is 43.2 Å². The van der Waals surface area contributed by atoms with Crippen molar-refractivity contribution in [1.82, 2.24) is 14.6 Å². The molecule has 7 heteroatoms. The van der Waals surface area contributed by atoms with Crippen LogP contribution < -0.4 is 10.1 Å². The van der Waals surface area contributed by atoms with Gasteiger partial charge in [0, 0.05) is 11.5 Å². The minimum Gasteiger partial charge on any atom is -0.494 e. The SMILES string of the molecule is COc1cc(-c2cccc3nc(NC(=O)C4CC4)nn23)ccc1F. The Hall–Kier alpha value is -2.96. The van der Waals surface area contributed by atoms with Crippen LogP contribution in [-0.2, 0) is 4.79 Å². The van der Waals surface area contributed by atoms with E-state index in [9.17, 15) is 9.18 Å². The molecular weight excluding hydrogens is 311 g/mol. The second-order valence-corrected chi connectivity index (χ2v) is 5.73. The molecule has 0 aliphatic heterocycles. The molecule has 24 heavy (non-hydrogen) atoms. The number of benzene rings is 1. The number of carbonyl (C=O) groups is 1. The number of ether oxygens (including phenoxy) is 1. The Balaban J connectivity index is 1.75. The Morgan fingerprint density at radius 1 is 1.33 bits per heavy atom. The van der Waals surface area contributed by atoms with E-state index in [-0.39, 0.29) is 23.5 Å². The van der Waals surface area contributed by atoms with Gasteiger partial charge in [0.05, 0.1) is 12.8 Å². The lowest BCUT2D eigenvalue weighted by atomic mass is 10.1. The lowest BCUT2D eigenvalue weighted by Gasteiger charge is -2.07. The van der Waals surface area contributed by atoms with E-state index in [1.54, 1.807) is 22.7 Å². The molecule has 0 atom stereocenters. The van der Waals surface area contributed by atoms with Crippen LogP contribution in [-0.4, -0.2) is 27.6 Å². The monoisotopic (exact) mass is 326 g/mol. The largest absolute Gasteiger partial charge is 0.494 e. The van der Waals surface area contributed by atoms with Crippen LogP contribution in [0.3, 0.4) is 0 Å². The zero-order valence-corrected chi connectivity index (χ0v) is 13.0. The van der Waals surface area contributed by atoms with Crippen LogP contribution >= 0.6 is 0 Å². The van der Waals surface area contributed by atoms with E-state index in [4.69, 9.17) is 4.74 Å². The molecule has 6 nitrogen and oxygen atoms in total. The summed E-state index contributed by atoms with van der Waals surface area (Å²) in [4.78, 5) is 16.2. The highest BCUT2D eigenvalue weighted by Gasteiger charge is 2.30. The van der Waals surface area contributed by atoms with Crippen molar-refractivity contribution in [2.24, 2.45) is 5.92 Å². The second kappa shape index (κ2) is 5.59. The first kappa shape index (κ1) is 14.6. The minimum absolute atomic E-state index is 0.0455. The van der Waals surface area contributed by atoms with Crippen LogP contribution in [0.5, 0.6) is 5.75 Å². The van der Waals surface area contributed by atoms with Crippen LogP contribution in [0.15, 0.2) is 36.4 Å². The van der Waals surface area contributed by atoms with E-state index in [1.807, 2.05) is 12.1 Å². The maximum Gasteiger partial charge on any atom is 0.249 e. The van der Waals surface area contributed by atoms with E-state index < -0.39 is 5.82 Å². The zero-order valence-electron chi connectivity index (χ0n) is 13.0. The van der Waals surface area contributed by atoms with Crippen LogP contribution in [0.4, 0.5) is 10.3 Å². The maximum absolute atomic E-state index is 13.6. The molecule has 0 radical (unpaired) electrons. The van der Waals surface area contributed by atoms with E-state index in [1.165, 1.54) is 13.2 Å². The highest BCUT2D eigenvalue weighted by molar-refractivity contribution is 5.92. The zero-order chi connectivity index (χ0) is 16.7. The van der Waals surface area contributed by atoms with Gasteiger partial charge in [0.15, 0.2) is 17.2 Å². The molecule has 122 valence electrons. The maximum atomic E-state index is 13.6. The Kier molecular flexibility index (Phi) is 3.41. The van der Waals surface area contributed by atoms with Crippen LogP contribution in [0, 0.1) is 11.7 Å². The van der Waals surface area contributed by atoms with Crippen LogP contribution in [0.25, 0.3) is 16.9 Å². The number of pyridine rings is 1. The van der Waals surface area contributed by atoms with E-state index in [2.05, 4.69) is 15.4 Å². The van der Waals surface area contributed by atoms with Crippen molar-refractivity contribution in [2.75, 3.05) is 12.4 Å². The first-order valence-electron chi connectivity index (χ1n) is 7.66. The minimum atomic E-state index is -0.426. The number of hydrogen-bond donors (Lipinski definition) is 1. The summed E-state index contributed by atoms with van der Waals surface area (Å²) in [7, 11) is 1.42. The molecular formula is C17H15FN4O2. The number of carbonyl (C=O) groups excluding carboxylic acids is 1. The third kappa shape index (κ3) is 2.58. The molecule has 3 aromatic rings. The molecule has 1 saturated carbocycles. The van der Waals surface area contributed by atoms with Gasteiger partial charge in [-0.3, -0.25) is 10.1 Å². The summed E-state index contributed by atoms with van der Waals surface area (Å²) in [6, 6.07) is 10.1. The normalized spacial score (nSPS) is 13.9. The Morgan fingerprint density at radius 2 is 2.17 bits per heavy atom. The van der Waals surface area contributed by atoms with Crippen molar-refractivity contribution < 1.29 is 13.9 Å². The summed E-state index contributed by atoms with van der Waals surface area (Å²) in [6.45, 7) is 0. The smallest absolute Gasteiger partial charge is 0.249 e. The molecule has 1 fully saturated rings. The number of methoxy groups -OCH3 is 1. The third-order valence-electron chi connectivity index (χ3n) is 3.99. The molecule has 2 aromatic heterocycles. The predicted octanol–water partition coefficient (Wildman–Crippen LogP) is 2.89. The summed E-state index contributed by atoms with van der Waals surface area (Å²) in [5.74, 6) is 0.0399. The highest BCUT2D eigenvalue weighted by Crippen LogP contribution is 2.30. The van der Waals surface area contributed by atoms with Gasteiger partial charge in [-0.2, -0.15) is 4.98 Å². The topological polar surface area (TPSA) is 68.5 Å². The van der Waals surface area contributed by atoms with Gasteiger partial charge in [0.25, 0.3) is 0 Å². The summed E-state index contributed by atoms with van der Waals surface area (Å²) < 4.78 is 20.3. The van der Waals surface area contributed by atoms with E-state index in [0.29, 0.717) is 5.65 Å².